The molecule has 3 aliphatic rings. The zero-order valence-corrected chi connectivity index (χ0v) is 17.7. The van der Waals surface area contributed by atoms with Crippen molar-refractivity contribution in [3.63, 3.8) is 0 Å². The number of carbonyl (C=O) groups excluding carboxylic acids is 2. The van der Waals surface area contributed by atoms with Gasteiger partial charge >= 0.3 is 0 Å². The highest BCUT2D eigenvalue weighted by Gasteiger charge is 2.31. The van der Waals surface area contributed by atoms with Gasteiger partial charge in [-0.1, -0.05) is 23.7 Å². The molecule has 4 rings (SSSR count). The van der Waals surface area contributed by atoms with Crippen LogP contribution in [0.4, 0.5) is 0 Å². The van der Waals surface area contributed by atoms with Crippen molar-refractivity contribution >= 4 is 35.2 Å². The molecule has 3 heterocycles. The van der Waals surface area contributed by atoms with Crippen molar-refractivity contribution in [2.45, 2.75) is 37.0 Å². The Morgan fingerprint density at radius 2 is 1.96 bits per heavy atom. The topological polar surface area (TPSA) is 52.7 Å². The van der Waals surface area contributed by atoms with Crippen molar-refractivity contribution in [2.24, 2.45) is 0 Å². The third-order valence-electron chi connectivity index (χ3n) is 5.84. The molecular weight excluding hydrogens is 394 g/mol. The van der Waals surface area contributed by atoms with Crippen LogP contribution in [0, 0.1) is 0 Å². The number of nitrogens with one attached hydrogen (secondary N) is 1. The van der Waals surface area contributed by atoms with Crippen LogP contribution >= 0.6 is 23.4 Å². The molecule has 0 saturated carbocycles. The zero-order chi connectivity index (χ0) is 19.7. The molecule has 1 unspecified atom stereocenters. The van der Waals surface area contributed by atoms with Gasteiger partial charge in [-0.2, -0.15) is 0 Å². The molecule has 1 fully saturated rings. The third kappa shape index (κ3) is 4.39. The second-order valence-electron chi connectivity index (χ2n) is 7.88. The van der Waals surface area contributed by atoms with Crippen LogP contribution in [0.1, 0.15) is 34.3 Å². The van der Waals surface area contributed by atoms with E-state index in [1.165, 1.54) is 22.9 Å². The van der Waals surface area contributed by atoms with Gasteiger partial charge in [0.1, 0.15) is 0 Å². The van der Waals surface area contributed by atoms with Crippen LogP contribution in [0.25, 0.3) is 0 Å². The standard InChI is InChI=1S/C21H26ClN3O2S/c1-24-9-6-14-2-3-16(12-15(14)7-10-24)21(27)25-11-8-17(13-25)23-20(26)18-4-5-19(22)28-18/h2-3,5,12,17-18H,4,6-11,13H2,1H3,(H,23,26)/t17-,18?/m1/s1. The van der Waals surface area contributed by atoms with Crippen molar-refractivity contribution in [1.29, 1.82) is 0 Å². The van der Waals surface area contributed by atoms with E-state index in [4.69, 9.17) is 11.6 Å². The Balaban J connectivity index is 1.35. The number of amides is 2. The molecule has 7 heteroatoms. The maximum atomic E-state index is 13.0. The number of rotatable bonds is 3. The van der Waals surface area contributed by atoms with Gasteiger partial charge in [-0.25, -0.2) is 0 Å². The van der Waals surface area contributed by atoms with Crippen molar-refractivity contribution < 1.29 is 9.59 Å². The average molecular weight is 420 g/mol. The fraction of sp³-hybridized carbons (Fsp3) is 0.524. The third-order valence-corrected chi connectivity index (χ3v) is 7.34. The summed E-state index contributed by atoms with van der Waals surface area (Å²) in [6, 6.07) is 6.17. The molecule has 150 valence electrons. The zero-order valence-electron chi connectivity index (χ0n) is 16.1. The van der Waals surface area contributed by atoms with Gasteiger partial charge in [-0.05, 0) is 56.0 Å². The lowest BCUT2D eigenvalue weighted by Gasteiger charge is -2.19. The van der Waals surface area contributed by atoms with Crippen molar-refractivity contribution in [1.82, 2.24) is 15.1 Å². The van der Waals surface area contributed by atoms with E-state index >= 15 is 0 Å². The Morgan fingerprint density at radius 3 is 2.71 bits per heavy atom. The number of carbonyl (C=O) groups is 2. The lowest BCUT2D eigenvalue weighted by atomic mass is 9.99. The summed E-state index contributed by atoms with van der Waals surface area (Å²) in [4.78, 5) is 29.6. The van der Waals surface area contributed by atoms with Crippen LogP contribution in [0.5, 0.6) is 0 Å². The second-order valence-corrected chi connectivity index (χ2v) is 9.76. The largest absolute Gasteiger partial charge is 0.351 e. The number of likely N-dealkylation sites (N-methyl/N-ethyl adjacent to an activating group) is 1. The maximum absolute atomic E-state index is 13.0. The number of nitrogens with zero attached hydrogens (tertiary/aromatic N) is 2. The van der Waals surface area contributed by atoms with Crippen molar-refractivity contribution in [3.8, 4) is 0 Å². The molecule has 2 amide bonds. The number of fused-ring (bicyclic) bond motifs is 1. The first kappa shape index (κ1) is 19.8. The molecule has 0 bridgehead atoms. The first-order valence-corrected chi connectivity index (χ1v) is 11.2. The van der Waals surface area contributed by atoms with Crippen LogP contribution in [0.2, 0.25) is 0 Å². The summed E-state index contributed by atoms with van der Waals surface area (Å²) in [6.45, 7) is 3.34. The molecule has 0 spiro atoms. The van der Waals surface area contributed by atoms with Gasteiger partial charge in [-0.3, -0.25) is 9.59 Å². The van der Waals surface area contributed by atoms with E-state index < -0.39 is 0 Å². The molecule has 0 radical (unpaired) electrons. The normalized spacial score (nSPS) is 25.2. The smallest absolute Gasteiger partial charge is 0.253 e. The van der Waals surface area contributed by atoms with Gasteiger partial charge in [-0.15, -0.1) is 11.8 Å². The molecule has 1 N–H and O–H groups in total. The Bertz CT molecular complexity index is 813. The highest BCUT2D eigenvalue weighted by Crippen LogP contribution is 2.35. The molecule has 28 heavy (non-hydrogen) atoms. The minimum atomic E-state index is -0.139. The summed E-state index contributed by atoms with van der Waals surface area (Å²) in [6.07, 6.45) is 5.38. The lowest BCUT2D eigenvalue weighted by molar-refractivity contribution is -0.121. The number of hydrogen-bond donors (Lipinski definition) is 1. The Kier molecular flexibility index (Phi) is 5.99. The molecular formula is C21H26ClN3O2S. The summed E-state index contributed by atoms with van der Waals surface area (Å²) in [5.74, 6) is 0.0856. The van der Waals surface area contributed by atoms with Crippen molar-refractivity contribution in [3.05, 3.63) is 45.3 Å². The van der Waals surface area contributed by atoms with Crippen LogP contribution in [0.3, 0.4) is 0 Å². The van der Waals surface area contributed by atoms with Gasteiger partial charge < -0.3 is 15.1 Å². The molecule has 1 aromatic carbocycles. The molecule has 3 aliphatic heterocycles. The summed E-state index contributed by atoms with van der Waals surface area (Å²) in [5, 5.41) is 2.95. The number of hydrogen-bond acceptors (Lipinski definition) is 4. The van der Waals surface area contributed by atoms with E-state index in [0.717, 1.165) is 37.9 Å². The van der Waals surface area contributed by atoms with Crippen LogP contribution in [0.15, 0.2) is 28.6 Å². The monoisotopic (exact) mass is 419 g/mol. The van der Waals surface area contributed by atoms with Gasteiger partial charge in [0.15, 0.2) is 0 Å². The lowest BCUT2D eigenvalue weighted by Crippen LogP contribution is -2.42. The predicted octanol–water partition coefficient (Wildman–Crippen LogP) is 2.63. The Morgan fingerprint density at radius 1 is 1.18 bits per heavy atom. The highest BCUT2D eigenvalue weighted by atomic mass is 35.5. The summed E-state index contributed by atoms with van der Waals surface area (Å²) >= 11 is 7.36. The van der Waals surface area contributed by atoms with E-state index in [1.54, 1.807) is 0 Å². The Hall–Kier alpha value is -1.50. The molecule has 2 atom stereocenters. The number of benzene rings is 1. The van der Waals surface area contributed by atoms with E-state index in [-0.39, 0.29) is 23.1 Å². The second kappa shape index (κ2) is 8.47. The minimum Gasteiger partial charge on any atom is -0.351 e. The fourth-order valence-corrected chi connectivity index (χ4v) is 5.35. The minimum absolute atomic E-state index is 0.0188. The predicted molar refractivity (Wildman–Crippen MR) is 114 cm³/mol. The molecule has 1 saturated heterocycles. The molecule has 0 aliphatic carbocycles. The number of thioether (sulfide) groups is 1. The van der Waals surface area contributed by atoms with Crippen LogP contribution < -0.4 is 5.32 Å². The summed E-state index contributed by atoms with van der Waals surface area (Å²) in [7, 11) is 2.14. The van der Waals surface area contributed by atoms with Crippen molar-refractivity contribution in [2.75, 3.05) is 33.2 Å². The number of likely N-dealkylation sites (tertiary alicyclic amines) is 1. The first-order chi connectivity index (χ1) is 13.5. The quantitative estimate of drug-likeness (QED) is 0.818. The number of allylic oxidation sites excluding steroid dienone is 1. The van der Waals surface area contributed by atoms with Crippen LogP contribution in [-0.4, -0.2) is 66.1 Å². The average Bonchev–Trinajstić information content (AvgIpc) is 3.29. The molecule has 5 nitrogen and oxygen atoms in total. The maximum Gasteiger partial charge on any atom is 0.253 e. The number of halogens is 1. The van der Waals surface area contributed by atoms with Gasteiger partial charge in [0.2, 0.25) is 5.91 Å². The van der Waals surface area contributed by atoms with Gasteiger partial charge in [0.25, 0.3) is 5.91 Å². The fourth-order valence-electron chi connectivity index (χ4n) is 4.10. The first-order valence-electron chi connectivity index (χ1n) is 9.92. The summed E-state index contributed by atoms with van der Waals surface area (Å²) < 4.78 is 0.692. The van der Waals surface area contributed by atoms with Crippen LogP contribution in [-0.2, 0) is 17.6 Å². The van der Waals surface area contributed by atoms with E-state index in [0.29, 0.717) is 23.9 Å². The Labute approximate surface area is 175 Å². The van der Waals surface area contributed by atoms with Gasteiger partial charge in [0.05, 0.1) is 9.61 Å². The summed E-state index contributed by atoms with van der Waals surface area (Å²) in [5.41, 5.74) is 3.41. The SMILES string of the molecule is CN1CCc2ccc(C(=O)N3CC[C@@H](NC(=O)C4CC=C(Cl)S4)C3)cc2CC1. The van der Waals surface area contributed by atoms with E-state index in [9.17, 15) is 9.59 Å². The van der Waals surface area contributed by atoms with Gasteiger partial charge in [0, 0.05) is 37.8 Å². The highest BCUT2D eigenvalue weighted by molar-refractivity contribution is 8.06. The molecule has 1 aromatic rings. The van der Waals surface area contributed by atoms with E-state index in [1.807, 2.05) is 17.0 Å². The molecule has 0 aromatic heterocycles. The van der Waals surface area contributed by atoms with E-state index in [2.05, 4.69) is 29.4 Å².